The second kappa shape index (κ2) is 8.26. The van der Waals surface area contributed by atoms with E-state index >= 15 is 0 Å². The molecule has 0 saturated carbocycles. The molecule has 0 spiro atoms. The molecule has 1 N–H and O–H groups in total. The minimum atomic E-state index is -0.0769. The van der Waals surface area contributed by atoms with Gasteiger partial charge in [0.1, 0.15) is 5.58 Å². The third kappa shape index (κ3) is 3.91. The molecule has 2 amide bonds. The lowest BCUT2D eigenvalue weighted by atomic mass is 10.0. The maximum absolute atomic E-state index is 12.7. The Kier molecular flexibility index (Phi) is 5.16. The van der Waals surface area contributed by atoms with E-state index in [4.69, 9.17) is 4.42 Å². The van der Waals surface area contributed by atoms with Gasteiger partial charge in [-0.3, -0.25) is 9.59 Å². The van der Waals surface area contributed by atoms with Gasteiger partial charge < -0.3 is 14.6 Å². The van der Waals surface area contributed by atoms with Crippen LogP contribution in [0.5, 0.6) is 0 Å². The molecule has 5 heteroatoms. The molecule has 5 nitrogen and oxygen atoms in total. The number of likely N-dealkylation sites (tertiary alicyclic amines) is 1. The van der Waals surface area contributed by atoms with Gasteiger partial charge in [0.15, 0.2) is 0 Å². The van der Waals surface area contributed by atoms with Crippen molar-refractivity contribution in [3.05, 3.63) is 83.6 Å². The number of furan rings is 1. The first-order chi connectivity index (χ1) is 15.2. The van der Waals surface area contributed by atoms with Gasteiger partial charge in [0.05, 0.1) is 12.7 Å². The van der Waals surface area contributed by atoms with Gasteiger partial charge in [0.2, 0.25) is 5.91 Å². The maximum atomic E-state index is 12.7. The van der Waals surface area contributed by atoms with Crippen molar-refractivity contribution in [2.24, 2.45) is 0 Å². The van der Waals surface area contributed by atoms with Crippen LogP contribution in [-0.4, -0.2) is 29.8 Å². The van der Waals surface area contributed by atoms with Crippen molar-refractivity contribution in [3.8, 4) is 0 Å². The largest absolute Gasteiger partial charge is 0.464 e. The zero-order chi connectivity index (χ0) is 21.2. The van der Waals surface area contributed by atoms with Gasteiger partial charge in [-0.2, -0.15) is 0 Å². The summed E-state index contributed by atoms with van der Waals surface area (Å²) in [7, 11) is 0. The van der Waals surface area contributed by atoms with Crippen molar-refractivity contribution in [2.75, 3.05) is 13.1 Å². The van der Waals surface area contributed by atoms with E-state index in [-0.39, 0.29) is 18.2 Å². The van der Waals surface area contributed by atoms with Crippen molar-refractivity contribution in [2.45, 2.75) is 25.8 Å². The lowest BCUT2D eigenvalue weighted by Gasteiger charge is -2.15. The van der Waals surface area contributed by atoms with Crippen LogP contribution < -0.4 is 5.32 Å². The lowest BCUT2D eigenvalue weighted by Crippen LogP contribution is -2.28. The molecule has 1 fully saturated rings. The summed E-state index contributed by atoms with van der Waals surface area (Å²) in [5.74, 6) is -0.00525. The van der Waals surface area contributed by atoms with Crippen LogP contribution in [0, 0.1) is 0 Å². The molecule has 0 atom stereocenters. The third-order valence-electron chi connectivity index (χ3n) is 5.95. The molecule has 2 heterocycles. The molecular formula is C26H24N2O3. The minimum absolute atomic E-state index is 0.0717. The Morgan fingerprint density at radius 2 is 1.81 bits per heavy atom. The fourth-order valence-electron chi connectivity index (χ4n) is 4.36. The van der Waals surface area contributed by atoms with E-state index in [0.717, 1.165) is 58.8 Å². The molecule has 0 radical (unpaired) electrons. The van der Waals surface area contributed by atoms with Crippen molar-refractivity contribution < 1.29 is 14.0 Å². The molecule has 156 valence electrons. The topological polar surface area (TPSA) is 62.6 Å². The Morgan fingerprint density at radius 3 is 2.68 bits per heavy atom. The van der Waals surface area contributed by atoms with E-state index < -0.39 is 0 Å². The lowest BCUT2D eigenvalue weighted by molar-refractivity contribution is -0.120. The SMILES string of the molecule is O=C(Cc1coc2ccc3ccccc3c12)NCc1cccc(C(=O)N2CCCC2)c1. The predicted octanol–water partition coefficient (Wildman–Crippen LogP) is 4.68. The number of fused-ring (bicyclic) bond motifs is 3. The molecule has 5 rings (SSSR count). The van der Waals surface area contributed by atoms with Crippen LogP contribution in [0.25, 0.3) is 21.7 Å². The first-order valence-electron chi connectivity index (χ1n) is 10.7. The Morgan fingerprint density at radius 1 is 0.968 bits per heavy atom. The summed E-state index contributed by atoms with van der Waals surface area (Å²) >= 11 is 0. The van der Waals surface area contributed by atoms with Gasteiger partial charge in [-0.05, 0) is 47.4 Å². The predicted molar refractivity (Wildman–Crippen MR) is 121 cm³/mol. The van der Waals surface area contributed by atoms with E-state index in [9.17, 15) is 9.59 Å². The van der Waals surface area contributed by atoms with Crippen LogP contribution in [0.3, 0.4) is 0 Å². The van der Waals surface area contributed by atoms with Crippen LogP contribution in [-0.2, 0) is 17.8 Å². The fraction of sp³-hybridized carbons (Fsp3) is 0.231. The summed E-state index contributed by atoms with van der Waals surface area (Å²) in [6.07, 6.45) is 4.05. The quantitative estimate of drug-likeness (QED) is 0.518. The second-order valence-electron chi connectivity index (χ2n) is 8.07. The molecule has 1 saturated heterocycles. The third-order valence-corrected chi connectivity index (χ3v) is 5.95. The molecule has 1 aromatic heterocycles. The molecule has 1 aliphatic rings. The van der Waals surface area contributed by atoms with Gasteiger partial charge in [0.25, 0.3) is 5.91 Å². The normalized spacial score (nSPS) is 13.7. The summed E-state index contributed by atoms with van der Waals surface area (Å²) in [6.45, 7) is 2.04. The summed E-state index contributed by atoms with van der Waals surface area (Å²) < 4.78 is 5.69. The number of carbonyl (C=O) groups is 2. The Labute approximate surface area is 180 Å². The van der Waals surface area contributed by atoms with Crippen LogP contribution >= 0.6 is 0 Å². The fourth-order valence-corrected chi connectivity index (χ4v) is 4.36. The van der Waals surface area contributed by atoms with Crippen molar-refractivity contribution in [3.63, 3.8) is 0 Å². The van der Waals surface area contributed by atoms with E-state index in [1.54, 1.807) is 6.26 Å². The Hall–Kier alpha value is -3.60. The number of hydrogen-bond donors (Lipinski definition) is 1. The highest BCUT2D eigenvalue weighted by atomic mass is 16.3. The van der Waals surface area contributed by atoms with Gasteiger partial charge in [-0.25, -0.2) is 0 Å². The van der Waals surface area contributed by atoms with E-state index in [1.807, 2.05) is 53.4 Å². The van der Waals surface area contributed by atoms with Gasteiger partial charge in [-0.15, -0.1) is 0 Å². The number of benzene rings is 3. The minimum Gasteiger partial charge on any atom is -0.464 e. The summed E-state index contributed by atoms with van der Waals surface area (Å²) in [4.78, 5) is 27.2. The molecule has 0 unspecified atom stereocenters. The van der Waals surface area contributed by atoms with Gasteiger partial charge in [0, 0.05) is 36.1 Å². The van der Waals surface area contributed by atoms with Crippen LogP contribution in [0.15, 0.2) is 71.3 Å². The maximum Gasteiger partial charge on any atom is 0.253 e. The average Bonchev–Trinajstić information content (AvgIpc) is 3.48. The molecule has 0 aliphatic carbocycles. The summed E-state index contributed by atoms with van der Waals surface area (Å²) in [6, 6.07) is 19.6. The first-order valence-corrected chi connectivity index (χ1v) is 10.7. The Balaban J connectivity index is 1.28. The summed E-state index contributed by atoms with van der Waals surface area (Å²) in [5.41, 5.74) is 3.26. The average molecular weight is 412 g/mol. The number of nitrogens with one attached hydrogen (secondary N) is 1. The van der Waals surface area contributed by atoms with Gasteiger partial charge in [-0.1, -0.05) is 42.5 Å². The van der Waals surface area contributed by atoms with E-state index in [2.05, 4.69) is 17.4 Å². The number of nitrogens with zero attached hydrogens (tertiary/aromatic N) is 1. The highest BCUT2D eigenvalue weighted by Gasteiger charge is 2.19. The highest BCUT2D eigenvalue weighted by molar-refractivity contribution is 6.08. The second-order valence-corrected chi connectivity index (χ2v) is 8.07. The Bertz CT molecular complexity index is 1270. The molecule has 1 aliphatic heterocycles. The monoisotopic (exact) mass is 412 g/mol. The zero-order valence-electron chi connectivity index (χ0n) is 17.3. The first kappa shape index (κ1) is 19.4. The molecular weight excluding hydrogens is 388 g/mol. The number of hydrogen-bond acceptors (Lipinski definition) is 3. The molecule has 31 heavy (non-hydrogen) atoms. The highest BCUT2D eigenvalue weighted by Crippen LogP contribution is 2.30. The van der Waals surface area contributed by atoms with Crippen molar-refractivity contribution in [1.29, 1.82) is 0 Å². The number of rotatable bonds is 5. The standard InChI is InChI=1S/C26H24N2O3/c29-24(15-21-17-31-23-11-10-19-7-1-2-9-22(19)25(21)23)27-16-18-6-5-8-20(14-18)26(30)28-12-3-4-13-28/h1-2,5-11,14,17H,3-4,12-13,15-16H2,(H,27,29). The number of amides is 2. The summed E-state index contributed by atoms with van der Waals surface area (Å²) in [5, 5.41) is 6.18. The molecule has 0 bridgehead atoms. The van der Waals surface area contributed by atoms with Crippen molar-refractivity contribution >= 4 is 33.6 Å². The van der Waals surface area contributed by atoms with Crippen LogP contribution in [0.2, 0.25) is 0 Å². The van der Waals surface area contributed by atoms with E-state index in [0.29, 0.717) is 12.1 Å². The molecule has 3 aromatic carbocycles. The zero-order valence-corrected chi connectivity index (χ0v) is 17.3. The van der Waals surface area contributed by atoms with E-state index in [1.165, 1.54) is 0 Å². The number of carbonyl (C=O) groups excluding carboxylic acids is 2. The van der Waals surface area contributed by atoms with Crippen LogP contribution in [0.4, 0.5) is 0 Å². The van der Waals surface area contributed by atoms with Crippen LogP contribution in [0.1, 0.15) is 34.3 Å². The van der Waals surface area contributed by atoms with Crippen molar-refractivity contribution in [1.82, 2.24) is 10.2 Å². The van der Waals surface area contributed by atoms with Gasteiger partial charge >= 0.3 is 0 Å². The smallest absolute Gasteiger partial charge is 0.253 e. The molecule has 4 aromatic rings.